The number of aliphatic imine (C=N–C) groups is 2. The summed E-state index contributed by atoms with van der Waals surface area (Å²) in [4.78, 5) is 139. The Balaban J connectivity index is -0.0000000482. The van der Waals surface area contributed by atoms with Crippen LogP contribution in [0.1, 0.15) is 214 Å². The van der Waals surface area contributed by atoms with Gasteiger partial charge in [0.1, 0.15) is 0 Å². The average molecular weight is 3120 g/mol. The van der Waals surface area contributed by atoms with Crippen LogP contribution in [0, 0.1) is 27.7 Å². The van der Waals surface area contributed by atoms with E-state index < -0.39 is 83.6 Å². The van der Waals surface area contributed by atoms with Crippen LogP contribution in [0.5, 0.6) is 0 Å². The van der Waals surface area contributed by atoms with E-state index in [0.29, 0.717) is 24.2 Å². The molecule has 4 rings (SSSR count). The van der Waals surface area contributed by atoms with Crippen LogP contribution in [-0.2, 0) is 236 Å². The number of benzene rings is 4. The van der Waals surface area contributed by atoms with Crippen molar-refractivity contribution in [3.05, 3.63) is 130 Å². The van der Waals surface area contributed by atoms with E-state index in [1.165, 1.54) is 47.9 Å². The molecule has 0 saturated heterocycles. The van der Waals surface area contributed by atoms with E-state index in [1.54, 1.807) is 0 Å². The Hall–Kier alpha value is -6.49. The molecule has 0 aliphatic heterocycles. The van der Waals surface area contributed by atoms with Gasteiger partial charge in [-0.2, -0.15) is 0 Å². The maximum Gasteiger partial charge on any atom is 2.00 e. The van der Waals surface area contributed by atoms with E-state index in [1.807, 2.05) is 48.5 Å². The zero-order chi connectivity index (χ0) is 90.3. The first-order valence-corrected chi connectivity index (χ1v) is 32.8. The van der Waals surface area contributed by atoms with Gasteiger partial charge >= 0.3 is 169 Å². The van der Waals surface area contributed by atoms with Gasteiger partial charge in [-0.05, 0) is 172 Å². The van der Waals surface area contributed by atoms with E-state index in [-0.39, 0.29) is 169 Å². The largest absolute Gasteiger partial charge is 2.00 e. The first-order valence-electron chi connectivity index (χ1n) is 32.8. The monoisotopic (exact) mass is 3120 g/mol. The molecule has 4 aromatic rings. The van der Waals surface area contributed by atoms with Crippen LogP contribution in [-0.4, -0.2) is 129 Å². The van der Waals surface area contributed by atoms with Crippen molar-refractivity contribution < 1.29 is 307 Å². The summed E-state index contributed by atoms with van der Waals surface area (Å²) in [5, 5.41) is 134. The minimum atomic E-state index is -1.08. The summed E-state index contributed by atoms with van der Waals surface area (Å²) in [6, 6.07) is 34.3. The smallest absolute Gasteiger partial charge is 0.550 e. The van der Waals surface area contributed by atoms with E-state index >= 15 is 0 Å². The molecule has 694 valence electrons. The molecule has 0 bridgehead atoms. The molecule has 34 nitrogen and oxygen atoms in total. The number of carbonyl (C=O) groups is 14. The van der Waals surface area contributed by atoms with E-state index in [4.69, 9.17) is 159 Å². The van der Waals surface area contributed by atoms with Gasteiger partial charge < -0.3 is 169 Å². The molecule has 0 aliphatic carbocycles. The van der Waals surface area contributed by atoms with Gasteiger partial charge in [-0.3, -0.25) is 0 Å². The van der Waals surface area contributed by atoms with Gasteiger partial charge in [0, 0.05) is 95.5 Å². The Labute approximate surface area is 811 Å². The fourth-order valence-corrected chi connectivity index (χ4v) is 5.84. The van der Waals surface area contributed by atoms with Gasteiger partial charge in [-0.1, -0.05) is 214 Å². The molecule has 118 heavy (non-hydrogen) atoms. The summed E-state index contributed by atoms with van der Waals surface area (Å²) in [6.07, 6.45) is 5.54. The molecule has 0 unspecified atom stereocenters. The molecule has 0 N–H and O–H groups in total. The number of hydrogen-bond donors (Lipinski definition) is 0. The third kappa shape index (κ3) is 220. The quantitative estimate of drug-likeness (QED) is 0.0843. The SMILES string of the molecule is CC(=O)[O-].CC(=O)[O-].CC(=O)[O-].CC(=O)[O-].CC(=O)[O-].CC(=O)[O-].CC(=O)[O-].CC(=O)[O-].CC(=O)[O-].CC(=O)[O-].CC(=O)[O-].CC(=O)[O-].CC(=O)[O-].CC(=O)[O-].CCCCCC.Cc1ccc(N=C([N-]c2ccc(C)cc2)N(C(C)C)C(C)C)cc1.Cc1ccc(N=C([N-]c2ccc(C)cc2)N(C(C)C)C(C)C)cc1.[Pt+2].[Pt+2].[Pt+2].[Pt+2].[Pt+2].[Pt+2].[Pt+2].[Pt+2]. The zero-order valence-corrected chi connectivity index (χ0v) is 89.2. The second kappa shape index (κ2) is 115. The summed E-state index contributed by atoms with van der Waals surface area (Å²) < 4.78 is 0. The van der Waals surface area contributed by atoms with Gasteiger partial charge in [-0.15, -0.1) is 0 Å². The number of nitrogens with zero attached hydrogens (tertiary/aromatic N) is 6. The number of carboxylic acids is 14. The van der Waals surface area contributed by atoms with Crippen molar-refractivity contribution in [3.8, 4) is 0 Å². The Kier molecular flexibility index (Phi) is 162. The molecule has 0 atom stereocenters. The summed E-state index contributed by atoms with van der Waals surface area (Å²) in [5.41, 5.74) is 8.64. The van der Waals surface area contributed by atoms with Crippen molar-refractivity contribution in [2.75, 3.05) is 0 Å². The molecular weight excluding hydrogens is 3010 g/mol. The standard InChI is InChI=1S/2C21H28N3.C6H14.14C2H4O2.8Pt/c2*1-15(2)24(16(3)4)21(22-19-11-7-17(5)8-12-19)23-20-13-9-18(6)10-14-20;1-3-5-6-4-2;14*1-2(3)4;;;;;;;;/h2*7-16H,1-6H3;3-6H2,1-2H3;14*1H3,(H,3,4);;;;;;;;/q2*-1;;;;;;;;;;;;;;;;8*+2/p-14. The maximum atomic E-state index is 8.89. The molecule has 0 saturated carbocycles. The second-order valence-electron chi connectivity index (χ2n) is 22.2. The molecule has 0 amide bonds. The Bertz CT molecular complexity index is 2690. The van der Waals surface area contributed by atoms with E-state index in [0.717, 1.165) is 132 Å². The Morgan fingerprint density at radius 3 is 0.466 bits per heavy atom. The molecule has 0 aromatic heterocycles. The minimum absolute atomic E-state index is 0. The van der Waals surface area contributed by atoms with Gasteiger partial charge in [0.25, 0.3) is 0 Å². The van der Waals surface area contributed by atoms with Crippen LogP contribution in [0.15, 0.2) is 107 Å². The van der Waals surface area contributed by atoms with Gasteiger partial charge in [-0.25, -0.2) is 0 Å². The van der Waals surface area contributed by atoms with Crippen molar-refractivity contribution >= 4 is 118 Å². The molecule has 0 fully saturated rings. The molecule has 0 radical (unpaired) electrons. The number of guanidine groups is 2. The number of aryl methyl sites for hydroxylation is 4. The third-order valence-corrected chi connectivity index (χ3v) is 8.70. The van der Waals surface area contributed by atoms with Crippen LogP contribution in [0.2, 0.25) is 0 Å². The van der Waals surface area contributed by atoms with Crippen molar-refractivity contribution in [2.24, 2.45) is 9.98 Å². The van der Waals surface area contributed by atoms with Crippen molar-refractivity contribution in [1.82, 2.24) is 9.80 Å². The summed E-state index contributed by atoms with van der Waals surface area (Å²) in [7, 11) is 0. The maximum absolute atomic E-state index is 8.89. The zero-order valence-electron chi connectivity index (χ0n) is 71.0. The van der Waals surface area contributed by atoms with Crippen LogP contribution >= 0.6 is 0 Å². The fourth-order valence-electron chi connectivity index (χ4n) is 5.84. The molecule has 0 heterocycles. The van der Waals surface area contributed by atoms with Gasteiger partial charge in [0.2, 0.25) is 0 Å². The number of carbonyl (C=O) groups excluding carboxylic acids is 14. The predicted molar refractivity (Wildman–Crippen MR) is 389 cm³/mol. The topological polar surface area (TPSA) is 621 Å². The van der Waals surface area contributed by atoms with Crippen LogP contribution < -0.4 is 71.5 Å². The molecular formula is C76H112N6O28Pt8. The van der Waals surface area contributed by atoms with E-state index in [9.17, 15) is 0 Å². The number of rotatable bonds is 11. The second-order valence-corrected chi connectivity index (χ2v) is 22.2. The predicted octanol–water partition coefficient (Wildman–Crippen LogP) is -2.62. The first kappa shape index (κ1) is 166. The summed E-state index contributed by atoms with van der Waals surface area (Å²) >= 11 is 0. The molecule has 0 aliphatic rings. The number of aliphatic carboxylic acids is 14. The van der Waals surface area contributed by atoms with Gasteiger partial charge in [0.15, 0.2) is 0 Å². The number of unbranched alkanes of at least 4 members (excludes halogenated alkanes) is 3. The van der Waals surface area contributed by atoms with Crippen LogP contribution in [0.3, 0.4) is 0 Å². The Morgan fingerprint density at radius 2 is 0.364 bits per heavy atom. The molecule has 0 spiro atoms. The molecule has 4 aromatic carbocycles. The number of hydrogen-bond acceptors (Lipinski definition) is 30. The fraction of sp³-hybridized carbons (Fsp3) is 0.474. The minimum Gasteiger partial charge on any atom is -0.550 e. The summed E-state index contributed by atoms with van der Waals surface area (Å²) in [6.45, 7) is 43.8. The van der Waals surface area contributed by atoms with Crippen molar-refractivity contribution in [2.45, 2.75) is 244 Å². The van der Waals surface area contributed by atoms with Crippen LogP contribution in [0.25, 0.3) is 10.6 Å². The normalized spacial score (nSPS) is 8.27. The summed E-state index contributed by atoms with van der Waals surface area (Å²) in [5.74, 6) is -13.7. The first-order chi connectivity index (χ1) is 49.9. The van der Waals surface area contributed by atoms with Gasteiger partial charge in [0.05, 0.1) is 0 Å². The third-order valence-electron chi connectivity index (χ3n) is 8.70. The van der Waals surface area contributed by atoms with Crippen LogP contribution in [0.4, 0.5) is 22.7 Å². The number of carboxylic acid groups (broad SMARTS) is 14. The molecule has 42 heteroatoms. The average Bonchev–Trinajstić information content (AvgIpc) is 0.849. The van der Waals surface area contributed by atoms with E-state index in [2.05, 4.69) is 155 Å². The van der Waals surface area contributed by atoms with Crippen molar-refractivity contribution in [3.63, 3.8) is 0 Å². The van der Waals surface area contributed by atoms with Crippen molar-refractivity contribution in [1.29, 1.82) is 0 Å². The Morgan fingerprint density at radius 1 is 0.254 bits per heavy atom.